The first-order chi connectivity index (χ1) is 17.9. The van der Waals surface area contributed by atoms with Gasteiger partial charge >= 0.3 is 0 Å². The lowest BCUT2D eigenvalue weighted by Gasteiger charge is -2.47. The minimum atomic E-state index is -0.901. The molecule has 3 heterocycles. The monoisotopic (exact) mass is 506 g/mol. The molecule has 0 bridgehead atoms. The molecule has 37 heavy (non-hydrogen) atoms. The molecular formula is C27H27FN4O5. The molecule has 1 saturated heterocycles. The van der Waals surface area contributed by atoms with Crippen LogP contribution in [0.4, 0.5) is 4.39 Å². The minimum Gasteiger partial charge on any atom is -0.503 e. The second-order valence-electron chi connectivity index (χ2n) is 9.18. The van der Waals surface area contributed by atoms with Gasteiger partial charge in [0.25, 0.3) is 11.8 Å². The molecule has 0 radical (unpaired) electrons. The number of benzene rings is 2. The van der Waals surface area contributed by atoms with E-state index < -0.39 is 28.8 Å². The maximum Gasteiger partial charge on any atom is 0.275 e. The highest BCUT2D eigenvalue weighted by atomic mass is 19.1. The van der Waals surface area contributed by atoms with Crippen LogP contribution in [0.15, 0.2) is 59.5 Å². The summed E-state index contributed by atoms with van der Waals surface area (Å²) in [6.07, 6.45) is 1.80. The number of halogens is 1. The van der Waals surface area contributed by atoms with Crippen molar-refractivity contribution < 1.29 is 23.8 Å². The van der Waals surface area contributed by atoms with Crippen LogP contribution in [0.3, 0.4) is 0 Å². The molecule has 10 heteroatoms. The standard InChI is InChI=1S/C27H27FN4O5/c1-37-20-9-5-18(6-10-20)14-30-11-2-12-32-22(30)16-31-15-21(24(33)25(34)23(31)27(32)36)26(35)29-13-17-3-7-19(28)8-4-17/h3-10,15,22,34H,2,11-14,16H2,1H3,(H,29,35). The van der Waals surface area contributed by atoms with Crippen LogP contribution in [0, 0.1) is 5.82 Å². The van der Waals surface area contributed by atoms with Crippen molar-refractivity contribution in [2.75, 3.05) is 20.2 Å². The van der Waals surface area contributed by atoms with E-state index in [9.17, 15) is 23.9 Å². The number of hydrogen-bond donors (Lipinski definition) is 2. The third-order valence-electron chi connectivity index (χ3n) is 6.86. The number of aromatic hydroxyl groups is 1. The van der Waals surface area contributed by atoms with E-state index in [1.165, 1.54) is 35.0 Å². The zero-order chi connectivity index (χ0) is 26.1. The number of nitrogens with one attached hydrogen (secondary N) is 1. The van der Waals surface area contributed by atoms with Crippen molar-refractivity contribution in [1.82, 2.24) is 19.7 Å². The van der Waals surface area contributed by atoms with Gasteiger partial charge in [0.2, 0.25) is 5.43 Å². The van der Waals surface area contributed by atoms with Gasteiger partial charge in [-0.2, -0.15) is 0 Å². The number of aromatic nitrogens is 1. The SMILES string of the molecule is COc1ccc(CN2CCCN3C(=O)c4c(O)c(=O)c(C(=O)NCc5ccc(F)cc5)cn4CC23)cc1. The first-order valence-corrected chi connectivity index (χ1v) is 12.0. The van der Waals surface area contributed by atoms with E-state index in [0.29, 0.717) is 25.2 Å². The van der Waals surface area contributed by atoms with Crippen molar-refractivity contribution >= 4 is 11.8 Å². The largest absolute Gasteiger partial charge is 0.503 e. The second-order valence-corrected chi connectivity index (χ2v) is 9.18. The van der Waals surface area contributed by atoms with Gasteiger partial charge in [-0.3, -0.25) is 19.3 Å². The van der Waals surface area contributed by atoms with E-state index in [1.54, 1.807) is 12.0 Å². The third kappa shape index (κ3) is 4.79. The quantitative estimate of drug-likeness (QED) is 0.532. The van der Waals surface area contributed by atoms with Crippen LogP contribution in [-0.2, 0) is 19.6 Å². The van der Waals surface area contributed by atoms with Crippen LogP contribution in [0.25, 0.3) is 0 Å². The van der Waals surface area contributed by atoms with E-state index in [4.69, 9.17) is 4.74 Å². The van der Waals surface area contributed by atoms with Crippen molar-refractivity contribution in [1.29, 1.82) is 0 Å². The summed E-state index contributed by atoms with van der Waals surface area (Å²) in [5.41, 5.74) is 0.440. The van der Waals surface area contributed by atoms with Crippen molar-refractivity contribution in [2.24, 2.45) is 0 Å². The Morgan fingerprint density at radius 3 is 2.49 bits per heavy atom. The highest BCUT2D eigenvalue weighted by molar-refractivity contribution is 5.99. The molecule has 2 aliphatic heterocycles. The smallest absolute Gasteiger partial charge is 0.275 e. The van der Waals surface area contributed by atoms with E-state index >= 15 is 0 Å². The van der Waals surface area contributed by atoms with E-state index in [0.717, 1.165) is 24.3 Å². The number of carbonyl (C=O) groups is 2. The average Bonchev–Trinajstić information content (AvgIpc) is 2.91. The fourth-order valence-corrected chi connectivity index (χ4v) is 4.91. The van der Waals surface area contributed by atoms with Gasteiger partial charge in [-0.25, -0.2) is 4.39 Å². The van der Waals surface area contributed by atoms with Crippen LogP contribution in [0.1, 0.15) is 38.4 Å². The molecule has 0 spiro atoms. The molecule has 3 aromatic rings. The Morgan fingerprint density at radius 2 is 1.78 bits per heavy atom. The first kappa shape index (κ1) is 24.5. The van der Waals surface area contributed by atoms with Gasteiger partial charge in [0, 0.05) is 32.4 Å². The number of nitrogens with zero attached hydrogens (tertiary/aromatic N) is 3. The van der Waals surface area contributed by atoms with E-state index in [2.05, 4.69) is 10.2 Å². The summed E-state index contributed by atoms with van der Waals surface area (Å²) < 4.78 is 19.9. The molecule has 1 aromatic heterocycles. The number of fused-ring (bicyclic) bond motifs is 2. The minimum absolute atomic E-state index is 0.0754. The predicted molar refractivity (Wildman–Crippen MR) is 133 cm³/mol. The van der Waals surface area contributed by atoms with Gasteiger partial charge in [0.15, 0.2) is 11.4 Å². The molecule has 1 fully saturated rings. The normalized spacial score (nSPS) is 17.2. The predicted octanol–water partition coefficient (Wildman–Crippen LogP) is 2.32. The molecule has 0 aliphatic carbocycles. The number of ether oxygens (including phenoxy) is 1. The van der Waals surface area contributed by atoms with Crippen LogP contribution in [0.5, 0.6) is 11.5 Å². The Hall–Kier alpha value is -4.18. The van der Waals surface area contributed by atoms with Gasteiger partial charge in [0.05, 0.1) is 13.7 Å². The molecule has 1 unspecified atom stereocenters. The maximum atomic E-state index is 13.4. The zero-order valence-corrected chi connectivity index (χ0v) is 20.3. The number of methoxy groups -OCH3 is 1. The summed E-state index contributed by atoms with van der Waals surface area (Å²) in [5, 5.41) is 13.3. The summed E-state index contributed by atoms with van der Waals surface area (Å²) in [5.74, 6) is -1.49. The lowest BCUT2D eigenvalue weighted by atomic mass is 10.1. The highest BCUT2D eigenvalue weighted by Gasteiger charge is 2.40. The fourth-order valence-electron chi connectivity index (χ4n) is 4.91. The summed E-state index contributed by atoms with van der Waals surface area (Å²) in [7, 11) is 1.61. The molecule has 2 aliphatic rings. The Bertz CT molecular complexity index is 1390. The van der Waals surface area contributed by atoms with Crippen molar-refractivity contribution in [3.8, 4) is 11.5 Å². The Kier molecular flexibility index (Phi) is 6.66. The van der Waals surface area contributed by atoms with Crippen molar-refractivity contribution in [2.45, 2.75) is 32.2 Å². The molecule has 5 rings (SSSR count). The summed E-state index contributed by atoms with van der Waals surface area (Å²) >= 11 is 0. The molecule has 2 amide bonds. The van der Waals surface area contributed by atoms with Crippen molar-refractivity contribution in [3.05, 3.63) is 93.2 Å². The molecule has 2 aromatic carbocycles. The third-order valence-corrected chi connectivity index (χ3v) is 6.86. The highest BCUT2D eigenvalue weighted by Crippen LogP contribution is 2.29. The van der Waals surface area contributed by atoms with Crippen molar-refractivity contribution in [3.63, 3.8) is 0 Å². The van der Waals surface area contributed by atoms with Gasteiger partial charge in [0.1, 0.15) is 23.3 Å². The van der Waals surface area contributed by atoms with Crippen LogP contribution in [0.2, 0.25) is 0 Å². The topological polar surface area (TPSA) is 104 Å². The number of amides is 2. The van der Waals surface area contributed by atoms with Gasteiger partial charge in [-0.05, 0) is 41.8 Å². The molecule has 1 atom stereocenters. The molecule has 192 valence electrons. The lowest BCUT2D eigenvalue weighted by molar-refractivity contribution is -0.0140. The number of rotatable bonds is 6. The fraction of sp³-hybridized carbons (Fsp3) is 0.296. The lowest BCUT2D eigenvalue weighted by Crippen LogP contribution is -2.60. The number of carbonyl (C=O) groups excluding carboxylic acids is 2. The molecular weight excluding hydrogens is 479 g/mol. The summed E-state index contributed by atoms with van der Waals surface area (Å²) in [6.45, 7) is 2.25. The molecule has 2 N–H and O–H groups in total. The van der Waals surface area contributed by atoms with E-state index in [1.807, 2.05) is 24.3 Å². The first-order valence-electron chi connectivity index (χ1n) is 12.0. The maximum absolute atomic E-state index is 13.4. The zero-order valence-electron chi connectivity index (χ0n) is 20.3. The molecule has 0 saturated carbocycles. The summed E-state index contributed by atoms with van der Waals surface area (Å²) in [4.78, 5) is 42.9. The average molecular weight is 507 g/mol. The Balaban J connectivity index is 1.39. The van der Waals surface area contributed by atoms with Crippen LogP contribution in [-0.4, -0.2) is 57.7 Å². The Morgan fingerprint density at radius 1 is 1.08 bits per heavy atom. The molecule has 9 nitrogen and oxygen atoms in total. The summed E-state index contributed by atoms with van der Waals surface area (Å²) in [6, 6.07) is 13.3. The van der Waals surface area contributed by atoms with Gasteiger partial charge in [-0.15, -0.1) is 0 Å². The second kappa shape index (κ2) is 10.1. The van der Waals surface area contributed by atoms with Gasteiger partial charge in [-0.1, -0.05) is 24.3 Å². The number of hydrogen-bond acceptors (Lipinski definition) is 6. The number of pyridine rings is 1. The van der Waals surface area contributed by atoms with Gasteiger partial charge < -0.3 is 24.6 Å². The van der Waals surface area contributed by atoms with E-state index in [-0.39, 0.29) is 24.0 Å². The Labute approximate surface area is 212 Å². The van der Waals surface area contributed by atoms with Crippen LogP contribution < -0.4 is 15.5 Å². The van der Waals surface area contributed by atoms with Crippen LogP contribution >= 0.6 is 0 Å².